The van der Waals surface area contributed by atoms with E-state index >= 15 is 0 Å². The van der Waals surface area contributed by atoms with Crippen molar-refractivity contribution in [1.29, 1.82) is 0 Å². The maximum absolute atomic E-state index is 12.5. The Kier molecular flexibility index (Phi) is 10.3. The summed E-state index contributed by atoms with van der Waals surface area (Å²) < 4.78 is 0. The van der Waals surface area contributed by atoms with Crippen LogP contribution in [-0.4, -0.2) is 69.6 Å². The number of benzene rings is 2. The van der Waals surface area contributed by atoms with Gasteiger partial charge in [-0.3, -0.25) is 4.79 Å². The minimum Gasteiger partial charge on any atom is -0.480 e. The van der Waals surface area contributed by atoms with Gasteiger partial charge in [0, 0.05) is 54.7 Å². The van der Waals surface area contributed by atoms with Crippen molar-refractivity contribution in [2.24, 2.45) is 0 Å². The summed E-state index contributed by atoms with van der Waals surface area (Å²) in [6.45, 7) is 0. The zero-order valence-electron chi connectivity index (χ0n) is 18.1. The van der Waals surface area contributed by atoms with Crippen LogP contribution in [-0.2, 0) is 4.79 Å². The zero-order valence-corrected chi connectivity index (χ0v) is 21.6. The first-order chi connectivity index (χ1) is 15.4. The van der Waals surface area contributed by atoms with Crippen molar-refractivity contribution in [3.05, 3.63) is 88.2 Å². The Bertz CT molecular complexity index is 1110. The van der Waals surface area contributed by atoms with E-state index in [2.05, 4.69) is 15.3 Å². The first-order valence-corrected chi connectivity index (χ1v) is 10.4. The molecule has 0 spiro atoms. The van der Waals surface area contributed by atoms with Crippen molar-refractivity contribution >= 4 is 82.3 Å². The quantitative estimate of drug-likeness (QED) is 0.450. The summed E-state index contributed by atoms with van der Waals surface area (Å²) in [5.41, 5.74) is 1.83. The van der Waals surface area contributed by atoms with Crippen molar-refractivity contribution in [1.82, 2.24) is 15.3 Å². The monoisotopic (exact) mass is 493 g/mol. The topological polar surface area (TPSA) is 95.4 Å². The van der Waals surface area contributed by atoms with Crippen LogP contribution in [0.5, 0.6) is 0 Å². The van der Waals surface area contributed by atoms with E-state index in [9.17, 15) is 14.7 Å². The molecule has 10 heteroatoms. The molecule has 1 heterocycles. The van der Waals surface area contributed by atoms with Gasteiger partial charge in [-0.05, 0) is 42.3 Å². The fourth-order valence-electron chi connectivity index (χ4n) is 2.90. The number of hydrogen-bond donors (Lipinski definition) is 2. The second-order valence-corrected chi connectivity index (χ2v) is 7.61. The first-order valence-electron chi connectivity index (χ1n) is 9.62. The number of nitrogens with zero attached hydrogens (tertiary/aromatic N) is 3. The van der Waals surface area contributed by atoms with Gasteiger partial charge in [0.25, 0.3) is 5.91 Å². The molecule has 0 fully saturated rings. The molecule has 2 aromatic carbocycles. The number of anilines is 2. The summed E-state index contributed by atoms with van der Waals surface area (Å²) >= 11 is 12.1. The molecule has 0 saturated carbocycles. The number of carbonyl (C=O) groups excluding carboxylic acids is 1. The van der Waals surface area contributed by atoms with E-state index in [1.807, 2.05) is 36.2 Å². The molecule has 3 rings (SSSR count). The van der Waals surface area contributed by atoms with Crippen molar-refractivity contribution in [2.45, 2.75) is 12.5 Å². The van der Waals surface area contributed by atoms with Gasteiger partial charge in [0.15, 0.2) is 0 Å². The molecule has 1 amide bonds. The fourth-order valence-corrected chi connectivity index (χ4v) is 3.46. The molecule has 0 aliphatic carbocycles. The Balaban J connectivity index is 0.00000385. The number of carboxylic acid groups (broad SMARTS) is 1. The van der Waals surface area contributed by atoms with E-state index in [0.717, 1.165) is 11.3 Å². The van der Waals surface area contributed by atoms with E-state index in [4.69, 9.17) is 23.2 Å². The van der Waals surface area contributed by atoms with Crippen LogP contribution in [0, 0.1) is 0 Å². The predicted octanol–water partition coefficient (Wildman–Crippen LogP) is 4.46. The van der Waals surface area contributed by atoms with Crippen molar-refractivity contribution in [3.8, 4) is 0 Å². The molecule has 0 aliphatic rings. The molecule has 7 nitrogen and oxygen atoms in total. The van der Waals surface area contributed by atoms with Crippen LogP contribution in [0.4, 0.5) is 11.6 Å². The van der Waals surface area contributed by atoms with Gasteiger partial charge in [0.05, 0.1) is 15.6 Å². The maximum atomic E-state index is 12.5. The number of nitrogens with one attached hydrogen (secondary N) is 1. The summed E-state index contributed by atoms with van der Waals surface area (Å²) in [6, 6.07) is 12.9. The van der Waals surface area contributed by atoms with Gasteiger partial charge in [0.1, 0.15) is 6.04 Å². The molecule has 1 atom stereocenters. The summed E-state index contributed by atoms with van der Waals surface area (Å²) in [7, 11) is 1.87. The van der Waals surface area contributed by atoms with Crippen molar-refractivity contribution in [2.75, 3.05) is 11.9 Å². The Morgan fingerprint density at radius 1 is 1.06 bits per heavy atom. The molecular formula is C23H20Cl2N4NaO3. The molecule has 33 heavy (non-hydrogen) atoms. The van der Waals surface area contributed by atoms with Crippen LogP contribution in [0.1, 0.15) is 22.3 Å². The minimum atomic E-state index is -1.16. The number of halogens is 2. The molecule has 2 N–H and O–H groups in total. The number of carboxylic acids is 1. The number of amides is 1. The van der Waals surface area contributed by atoms with Crippen LogP contribution in [0.15, 0.2) is 67.0 Å². The van der Waals surface area contributed by atoms with Crippen molar-refractivity contribution in [3.63, 3.8) is 0 Å². The van der Waals surface area contributed by atoms with Crippen LogP contribution in [0.3, 0.4) is 0 Å². The normalized spacial score (nSPS) is 11.5. The largest absolute Gasteiger partial charge is 0.480 e. The molecule has 0 saturated heterocycles. The average molecular weight is 494 g/mol. The summed E-state index contributed by atoms with van der Waals surface area (Å²) in [5.74, 6) is -1.22. The SMILES string of the molecule is CN(c1ccc(C=CC[C@H](NC(=O)c2c(Cl)cccc2Cl)C(=O)O)cc1)c1ncccn1.[Na]. The van der Waals surface area contributed by atoms with Gasteiger partial charge in [-0.25, -0.2) is 14.8 Å². The third-order valence-corrected chi connectivity index (χ3v) is 5.24. The molecule has 0 unspecified atom stereocenters. The first kappa shape index (κ1) is 26.8. The summed E-state index contributed by atoms with van der Waals surface area (Å²) in [4.78, 5) is 34.3. The van der Waals surface area contributed by atoms with Gasteiger partial charge in [-0.15, -0.1) is 0 Å². The molecule has 0 aliphatic heterocycles. The molecule has 3 aromatic rings. The number of carbonyl (C=O) groups is 2. The molecule has 1 aromatic heterocycles. The van der Waals surface area contributed by atoms with E-state index in [1.165, 1.54) is 12.1 Å². The fraction of sp³-hybridized carbons (Fsp3) is 0.130. The van der Waals surface area contributed by atoms with Gasteiger partial charge >= 0.3 is 5.97 Å². The second kappa shape index (κ2) is 12.7. The van der Waals surface area contributed by atoms with Crippen molar-refractivity contribution < 1.29 is 14.7 Å². The summed E-state index contributed by atoms with van der Waals surface area (Å²) in [6.07, 6.45) is 6.91. The molecule has 165 valence electrons. The summed E-state index contributed by atoms with van der Waals surface area (Å²) in [5, 5.41) is 12.2. The van der Waals surface area contributed by atoms with Gasteiger partial charge in [-0.2, -0.15) is 0 Å². The third-order valence-electron chi connectivity index (χ3n) is 4.61. The van der Waals surface area contributed by atoms with E-state index < -0.39 is 17.9 Å². The minimum absolute atomic E-state index is 0. The molecular weight excluding hydrogens is 474 g/mol. The van der Waals surface area contributed by atoms with Crippen LogP contribution >= 0.6 is 23.2 Å². The second-order valence-electron chi connectivity index (χ2n) is 6.80. The van der Waals surface area contributed by atoms with Gasteiger partial charge in [0.2, 0.25) is 5.95 Å². The van der Waals surface area contributed by atoms with Gasteiger partial charge in [-0.1, -0.05) is 53.6 Å². The maximum Gasteiger partial charge on any atom is 0.326 e. The standard InChI is InChI=1S/C23H20Cl2N4O3.Na/c1-29(23-26-13-4-14-27-23)16-11-9-15(10-12-16)5-2-8-19(22(31)32)28-21(30)20-17(24)6-3-7-18(20)25;/h2-7,9-14,19H,8H2,1H3,(H,28,30)(H,31,32);/t19-;/m0./s1. The number of hydrogen-bond acceptors (Lipinski definition) is 5. The van der Waals surface area contributed by atoms with E-state index in [-0.39, 0.29) is 51.6 Å². The Labute approximate surface area is 223 Å². The predicted molar refractivity (Wildman–Crippen MR) is 131 cm³/mol. The average Bonchev–Trinajstić information content (AvgIpc) is 2.78. The third kappa shape index (κ3) is 7.28. The van der Waals surface area contributed by atoms with E-state index in [1.54, 1.807) is 36.7 Å². The zero-order chi connectivity index (χ0) is 23.1. The Hall–Kier alpha value is -2.42. The van der Waals surface area contributed by atoms with E-state index in [0.29, 0.717) is 5.95 Å². The molecule has 0 bridgehead atoms. The van der Waals surface area contributed by atoms with Gasteiger partial charge < -0.3 is 15.3 Å². The number of aromatic nitrogens is 2. The van der Waals surface area contributed by atoms with Crippen LogP contribution in [0.2, 0.25) is 10.0 Å². The van der Waals surface area contributed by atoms with Crippen LogP contribution in [0.25, 0.3) is 6.08 Å². The smallest absolute Gasteiger partial charge is 0.326 e. The Morgan fingerprint density at radius 2 is 1.67 bits per heavy atom. The Morgan fingerprint density at radius 3 is 2.24 bits per heavy atom. The number of rotatable bonds is 8. The molecule has 1 radical (unpaired) electrons. The number of aliphatic carboxylic acids is 1. The van der Waals surface area contributed by atoms with Crippen LogP contribution < -0.4 is 10.2 Å².